The number of halogens is 2. The lowest BCUT2D eigenvalue weighted by Gasteiger charge is -2.18. The molecule has 0 aliphatic rings. The molecule has 6 heteroatoms. The molecule has 0 spiro atoms. The zero-order valence-corrected chi connectivity index (χ0v) is 14.3. The first-order valence-corrected chi connectivity index (χ1v) is 7.67. The van der Waals surface area contributed by atoms with Gasteiger partial charge >= 0.3 is 0 Å². The van der Waals surface area contributed by atoms with Crippen LogP contribution in [0.5, 0.6) is 0 Å². The van der Waals surface area contributed by atoms with Gasteiger partial charge < -0.3 is 10.2 Å². The fourth-order valence-electron chi connectivity index (χ4n) is 2.84. The highest BCUT2D eigenvalue weighted by atomic mass is 19.1. The molecule has 2 rings (SSSR count). The number of rotatable bonds is 6. The van der Waals surface area contributed by atoms with E-state index in [-0.39, 0.29) is 11.6 Å². The maximum absolute atomic E-state index is 13.7. The van der Waals surface area contributed by atoms with Gasteiger partial charge in [0.2, 0.25) is 0 Å². The van der Waals surface area contributed by atoms with Crippen LogP contribution in [0.1, 0.15) is 23.7 Å². The second-order valence-corrected chi connectivity index (χ2v) is 6.09. The number of nitrogens with zero attached hydrogens (tertiary/aromatic N) is 3. The van der Waals surface area contributed by atoms with Crippen molar-refractivity contribution >= 4 is 5.82 Å². The Morgan fingerprint density at radius 2 is 1.83 bits per heavy atom. The Labute approximate surface area is 136 Å². The van der Waals surface area contributed by atoms with Crippen molar-refractivity contribution in [1.82, 2.24) is 15.1 Å². The van der Waals surface area contributed by atoms with E-state index in [9.17, 15) is 8.78 Å². The predicted molar refractivity (Wildman–Crippen MR) is 88.6 cm³/mol. The van der Waals surface area contributed by atoms with Crippen molar-refractivity contribution < 1.29 is 8.78 Å². The van der Waals surface area contributed by atoms with Crippen molar-refractivity contribution in [3.63, 3.8) is 0 Å². The summed E-state index contributed by atoms with van der Waals surface area (Å²) >= 11 is 0. The van der Waals surface area contributed by atoms with Gasteiger partial charge in [-0.2, -0.15) is 5.10 Å². The summed E-state index contributed by atoms with van der Waals surface area (Å²) in [7, 11) is 5.85. The summed E-state index contributed by atoms with van der Waals surface area (Å²) in [6.45, 7) is 4.49. The second-order valence-electron chi connectivity index (χ2n) is 6.09. The third-order valence-corrected chi connectivity index (χ3v) is 3.94. The van der Waals surface area contributed by atoms with Crippen LogP contribution in [0.3, 0.4) is 0 Å². The molecule has 1 aromatic heterocycles. The molecule has 1 aromatic carbocycles. The van der Waals surface area contributed by atoms with E-state index in [1.807, 2.05) is 44.6 Å². The fourth-order valence-corrected chi connectivity index (χ4v) is 2.84. The number of hydrogen-bond acceptors (Lipinski definition) is 3. The van der Waals surface area contributed by atoms with Crippen molar-refractivity contribution in [2.45, 2.75) is 32.9 Å². The molecule has 0 bridgehead atoms. The maximum atomic E-state index is 13.7. The number of hydrogen-bond donors (Lipinski definition) is 1. The van der Waals surface area contributed by atoms with E-state index >= 15 is 0 Å². The average molecular weight is 322 g/mol. The summed E-state index contributed by atoms with van der Waals surface area (Å²) < 4.78 is 29.3. The van der Waals surface area contributed by atoms with Gasteiger partial charge in [-0.1, -0.05) is 6.07 Å². The van der Waals surface area contributed by atoms with E-state index in [0.717, 1.165) is 17.1 Å². The Balaban J connectivity index is 2.07. The molecule has 4 nitrogen and oxygen atoms in total. The van der Waals surface area contributed by atoms with Crippen molar-refractivity contribution in [2.24, 2.45) is 7.05 Å². The first kappa shape index (κ1) is 17.4. The number of aromatic nitrogens is 2. The van der Waals surface area contributed by atoms with Crippen LogP contribution in [0.2, 0.25) is 0 Å². The van der Waals surface area contributed by atoms with Gasteiger partial charge in [0.15, 0.2) is 0 Å². The lowest BCUT2D eigenvalue weighted by Crippen LogP contribution is -2.29. The molecule has 1 heterocycles. The summed E-state index contributed by atoms with van der Waals surface area (Å²) in [4.78, 5) is 2.01. The fraction of sp³-hybridized carbons (Fsp3) is 0.471. The zero-order chi connectivity index (χ0) is 17.1. The standard InChI is InChI=1S/C17H24F2N4/c1-11(9-13-15(18)7-6-8-16(13)19)20-10-14-12(2)21-23(5)17(14)22(3)4/h6-8,11,20H,9-10H2,1-5H3. The van der Waals surface area contributed by atoms with Crippen molar-refractivity contribution in [3.8, 4) is 0 Å². The van der Waals surface area contributed by atoms with Crippen LogP contribution >= 0.6 is 0 Å². The normalized spacial score (nSPS) is 12.5. The molecular weight excluding hydrogens is 298 g/mol. The lowest BCUT2D eigenvalue weighted by molar-refractivity contribution is 0.499. The van der Waals surface area contributed by atoms with Gasteiger partial charge in [0.05, 0.1) is 5.69 Å². The Hall–Kier alpha value is -1.95. The summed E-state index contributed by atoms with van der Waals surface area (Å²) in [5.74, 6) is 0.0367. The van der Waals surface area contributed by atoms with Gasteiger partial charge in [0.1, 0.15) is 17.5 Å². The number of aryl methyl sites for hydroxylation is 2. The maximum Gasteiger partial charge on any atom is 0.130 e. The van der Waals surface area contributed by atoms with Crippen molar-refractivity contribution in [1.29, 1.82) is 0 Å². The van der Waals surface area contributed by atoms with Crippen LogP contribution in [0.4, 0.5) is 14.6 Å². The highest BCUT2D eigenvalue weighted by molar-refractivity contribution is 5.48. The highest BCUT2D eigenvalue weighted by Crippen LogP contribution is 2.21. The van der Waals surface area contributed by atoms with E-state index in [1.165, 1.54) is 18.2 Å². The predicted octanol–water partition coefficient (Wildman–Crippen LogP) is 2.79. The molecular formula is C17H24F2N4. The molecule has 126 valence electrons. The first-order chi connectivity index (χ1) is 10.8. The zero-order valence-electron chi connectivity index (χ0n) is 14.3. The van der Waals surface area contributed by atoms with Gasteiger partial charge in [-0.05, 0) is 32.4 Å². The monoisotopic (exact) mass is 322 g/mol. The van der Waals surface area contributed by atoms with E-state index in [4.69, 9.17) is 0 Å². The van der Waals surface area contributed by atoms with E-state index in [2.05, 4.69) is 10.4 Å². The minimum atomic E-state index is -0.495. The SMILES string of the molecule is Cc1nn(C)c(N(C)C)c1CNC(C)Cc1c(F)cccc1F. The van der Waals surface area contributed by atoms with E-state index in [0.29, 0.717) is 13.0 Å². The van der Waals surface area contributed by atoms with Gasteiger partial charge in [-0.3, -0.25) is 4.68 Å². The van der Waals surface area contributed by atoms with Gasteiger partial charge in [0, 0.05) is 44.9 Å². The third-order valence-electron chi connectivity index (χ3n) is 3.94. The molecule has 0 aliphatic heterocycles. The highest BCUT2D eigenvalue weighted by Gasteiger charge is 2.17. The molecule has 0 saturated heterocycles. The van der Waals surface area contributed by atoms with Crippen LogP contribution in [0.25, 0.3) is 0 Å². The molecule has 0 aliphatic carbocycles. The molecule has 2 aromatic rings. The summed E-state index contributed by atoms with van der Waals surface area (Å²) in [5.41, 5.74) is 2.18. The Kier molecular flexibility index (Phi) is 5.36. The summed E-state index contributed by atoms with van der Waals surface area (Å²) in [6.07, 6.45) is 0.301. The van der Waals surface area contributed by atoms with E-state index in [1.54, 1.807) is 0 Å². The second kappa shape index (κ2) is 7.08. The van der Waals surface area contributed by atoms with Crippen LogP contribution in [-0.2, 0) is 20.0 Å². The minimum absolute atomic E-state index is 0.0592. The molecule has 0 saturated carbocycles. The molecule has 0 amide bonds. The number of anilines is 1. The van der Waals surface area contributed by atoms with Crippen LogP contribution in [0, 0.1) is 18.6 Å². The summed E-state index contributed by atoms with van der Waals surface area (Å²) in [6, 6.07) is 3.91. The van der Waals surface area contributed by atoms with Crippen molar-refractivity contribution in [3.05, 3.63) is 46.7 Å². The molecule has 0 fully saturated rings. The molecule has 1 atom stereocenters. The first-order valence-electron chi connectivity index (χ1n) is 7.67. The van der Waals surface area contributed by atoms with Gasteiger partial charge in [0.25, 0.3) is 0 Å². The minimum Gasteiger partial charge on any atom is -0.363 e. The number of benzene rings is 1. The molecule has 1 unspecified atom stereocenters. The third kappa shape index (κ3) is 3.88. The smallest absolute Gasteiger partial charge is 0.130 e. The number of nitrogens with one attached hydrogen (secondary N) is 1. The largest absolute Gasteiger partial charge is 0.363 e. The lowest BCUT2D eigenvalue weighted by atomic mass is 10.1. The average Bonchev–Trinajstić information content (AvgIpc) is 2.75. The Bertz CT molecular complexity index is 659. The van der Waals surface area contributed by atoms with E-state index < -0.39 is 11.6 Å². The van der Waals surface area contributed by atoms with Crippen LogP contribution in [-0.4, -0.2) is 29.9 Å². The Morgan fingerprint density at radius 3 is 2.39 bits per heavy atom. The Morgan fingerprint density at radius 1 is 1.22 bits per heavy atom. The quantitative estimate of drug-likeness (QED) is 0.888. The van der Waals surface area contributed by atoms with Crippen molar-refractivity contribution in [2.75, 3.05) is 19.0 Å². The topological polar surface area (TPSA) is 33.1 Å². The van der Waals surface area contributed by atoms with Gasteiger partial charge in [-0.15, -0.1) is 0 Å². The van der Waals surface area contributed by atoms with Gasteiger partial charge in [-0.25, -0.2) is 8.78 Å². The molecule has 1 N–H and O–H groups in total. The molecule has 23 heavy (non-hydrogen) atoms. The van der Waals surface area contributed by atoms with Crippen LogP contribution < -0.4 is 10.2 Å². The molecule has 0 radical (unpaired) electrons. The van der Waals surface area contributed by atoms with Crippen LogP contribution in [0.15, 0.2) is 18.2 Å². The summed E-state index contributed by atoms with van der Waals surface area (Å²) in [5, 5.41) is 7.78.